The maximum absolute atomic E-state index is 12.0. The van der Waals surface area contributed by atoms with Crippen molar-refractivity contribution in [2.24, 2.45) is 13.0 Å². The number of ether oxygens (including phenoxy) is 1. The highest BCUT2D eigenvalue weighted by Crippen LogP contribution is 2.22. The summed E-state index contributed by atoms with van der Waals surface area (Å²) in [6.07, 6.45) is 0. The molecule has 0 radical (unpaired) electrons. The normalized spacial score (nSPS) is 13.3. The van der Waals surface area contributed by atoms with Crippen LogP contribution in [-0.4, -0.2) is 37.0 Å². The minimum absolute atomic E-state index is 0.246. The number of halogens is 1. The van der Waals surface area contributed by atoms with Gasteiger partial charge >= 0.3 is 5.97 Å². The molecule has 1 aromatic heterocycles. The molecule has 0 saturated carbocycles. The molecule has 6 nitrogen and oxygen atoms in total. The van der Waals surface area contributed by atoms with E-state index in [9.17, 15) is 13.2 Å². The van der Waals surface area contributed by atoms with E-state index in [0.717, 1.165) is 0 Å². The Morgan fingerprint density at radius 2 is 2.11 bits per heavy atom. The summed E-state index contributed by atoms with van der Waals surface area (Å²) in [5, 5.41) is 4.40. The number of aromatic nitrogens is 2. The lowest BCUT2D eigenvalue weighted by Crippen LogP contribution is -2.24. The Labute approximate surface area is 117 Å². The average molecular weight is 309 g/mol. The number of nitrogens with zero attached hydrogens (tertiary/aromatic N) is 2. The Balaban J connectivity index is 2.89. The molecule has 1 aromatic rings. The van der Waals surface area contributed by atoms with Gasteiger partial charge in [0.25, 0.3) is 0 Å². The van der Waals surface area contributed by atoms with E-state index in [0.29, 0.717) is 16.4 Å². The molecule has 0 bridgehead atoms. The Morgan fingerprint density at radius 3 is 2.53 bits per heavy atom. The lowest BCUT2D eigenvalue weighted by Gasteiger charge is -2.10. The molecule has 108 valence electrons. The molecular formula is C11H17ClN2O4S. The van der Waals surface area contributed by atoms with E-state index >= 15 is 0 Å². The molecule has 0 aliphatic carbocycles. The number of carbonyl (C=O) groups is 1. The van der Waals surface area contributed by atoms with Crippen LogP contribution in [0.15, 0.2) is 0 Å². The summed E-state index contributed by atoms with van der Waals surface area (Å²) in [6, 6.07) is 0. The molecule has 0 N–H and O–H groups in total. The fourth-order valence-corrected chi connectivity index (χ4v) is 3.82. The summed E-state index contributed by atoms with van der Waals surface area (Å²) in [5.74, 6) is -1.77. The Morgan fingerprint density at radius 1 is 1.53 bits per heavy atom. The van der Waals surface area contributed by atoms with E-state index in [4.69, 9.17) is 11.6 Å². The summed E-state index contributed by atoms with van der Waals surface area (Å²) in [6.45, 7) is 3.22. The third-order valence-electron chi connectivity index (χ3n) is 2.73. The summed E-state index contributed by atoms with van der Waals surface area (Å²) in [4.78, 5) is 11.2. The first-order chi connectivity index (χ1) is 8.68. The minimum atomic E-state index is -3.47. The molecule has 1 unspecified atom stereocenters. The van der Waals surface area contributed by atoms with Crippen molar-refractivity contribution in [1.82, 2.24) is 9.78 Å². The highest BCUT2D eigenvalue weighted by atomic mass is 35.5. The highest BCUT2D eigenvalue weighted by Gasteiger charge is 2.25. The summed E-state index contributed by atoms with van der Waals surface area (Å²) in [5.41, 5.74) is 1.01. The third kappa shape index (κ3) is 3.94. The minimum Gasteiger partial charge on any atom is -0.469 e. The lowest BCUT2D eigenvalue weighted by atomic mass is 10.2. The van der Waals surface area contributed by atoms with Gasteiger partial charge < -0.3 is 4.74 Å². The van der Waals surface area contributed by atoms with E-state index in [1.165, 1.54) is 18.7 Å². The van der Waals surface area contributed by atoms with Crippen LogP contribution in [0.5, 0.6) is 0 Å². The quantitative estimate of drug-likeness (QED) is 0.761. The Bertz CT molecular complexity index is 580. The molecule has 0 aliphatic rings. The fraction of sp³-hybridized carbons (Fsp3) is 0.636. The first kappa shape index (κ1) is 16.0. The first-order valence-electron chi connectivity index (χ1n) is 5.64. The van der Waals surface area contributed by atoms with Gasteiger partial charge in [0.2, 0.25) is 0 Å². The van der Waals surface area contributed by atoms with Gasteiger partial charge in [0, 0.05) is 7.05 Å². The van der Waals surface area contributed by atoms with Crippen LogP contribution in [0.4, 0.5) is 0 Å². The van der Waals surface area contributed by atoms with Gasteiger partial charge in [-0.25, -0.2) is 8.42 Å². The van der Waals surface area contributed by atoms with Crippen LogP contribution in [-0.2, 0) is 32.2 Å². The van der Waals surface area contributed by atoms with Gasteiger partial charge in [0.15, 0.2) is 9.84 Å². The maximum Gasteiger partial charge on any atom is 0.309 e. The van der Waals surface area contributed by atoms with Crippen LogP contribution in [0.25, 0.3) is 0 Å². The number of carbonyl (C=O) groups excluding carboxylic acids is 1. The van der Waals surface area contributed by atoms with Crippen LogP contribution >= 0.6 is 11.6 Å². The Kier molecular flexibility index (Phi) is 4.98. The van der Waals surface area contributed by atoms with E-state index in [1.54, 1.807) is 14.0 Å². The van der Waals surface area contributed by atoms with Gasteiger partial charge in [-0.05, 0) is 6.92 Å². The van der Waals surface area contributed by atoms with Gasteiger partial charge in [-0.2, -0.15) is 5.10 Å². The van der Waals surface area contributed by atoms with Gasteiger partial charge in [-0.3, -0.25) is 9.48 Å². The van der Waals surface area contributed by atoms with Crippen LogP contribution in [0.2, 0.25) is 5.02 Å². The second kappa shape index (κ2) is 5.92. The van der Waals surface area contributed by atoms with Crippen molar-refractivity contribution in [3.63, 3.8) is 0 Å². The molecule has 0 amide bonds. The monoisotopic (exact) mass is 308 g/mol. The zero-order valence-electron chi connectivity index (χ0n) is 11.3. The number of rotatable bonds is 5. The van der Waals surface area contributed by atoms with Crippen LogP contribution in [0.1, 0.15) is 18.3 Å². The number of sulfone groups is 1. The topological polar surface area (TPSA) is 78.3 Å². The second-order valence-electron chi connectivity index (χ2n) is 4.45. The third-order valence-corrected chi connectivity index (χ3v) is 4.94. The number of aryl methyl sites for hydroxylation is 2. The Hall–Kier alpha value is -1.08. The molecule has 0 fully saturated rings. The van der Waals surface area contributed by atoms with Crippen molar-refractivity contribution in [2.45, 2.75) is 19.6 Å². The maximum atomic E-state index is 12.0. The first-order valence-corrected chi connectivity index (χ1v) is 7.84. The van der Waals surface area contributed by atoms with Crippen LogP contribution < -0.4 is 0 Å². The lowest BCUT2D eigenvalue weighted by molar-refractivity contribution is -0.144. The molecule has 0 spiro atoms. The van der Waals surface area contributed by atoms with Crippen molar-refractivity contribution < 1.29 is 17.9 Å². The summed E-state index contributed by atoms with van der Waals surface area (Å²) in [7, 11) is -0.605. The van der Waals surface area contributed by atoms with Gasteiger partial charge in [0.05, 0.1) is 40.9 Å². The van der Waals surface area contributed by atoms with Gasteiger partial charge in [0.1, 0.15) is 0 Å². The van der Waals surface area contributed by atoms with Crippen molar-refractivity contribution in [3.05, 3.63) is 16.4 Å². The smallest absolute Gasteiger partial charge is 0.309 e. The zero-order chi connectivity index (χ0) is 14.8. The number of hydrogen-bond donors (Lipinski definition) is 0. The van der Waals surface area contributed by atoms with E-state index in [2.05, 4.69) is 9.84 Å². The molecule has 1 atom stereocenters. The molecule has 0 aliphatic heterocycles. The standard InChI is InChI=1S/C11H17ClN2O4S/c1-7(11(15)18-4)5-19(16,17)6-9-10(12)8(2)13-14(9)3/h7H,5-6H2,1-4H3. The predicted octanol–water partition coefficient (Wildman–Crippen LogP) is 1.11. The van der Waals surface area contributed by atoms with Crippen molar-refractivity contribution in [1.29, 1.82) is 0 Å². The highest BCUT2D eigenvalue weighted by molar-refractivity contribution is 7.90. The molecule has 0 aromatic carbocycles. The summed E-state index contributed by atoms with van der Waals surface area (Å²) >= 11 is 6.01. The fourth-order valence-electron chi connectivity index (χ4n) is 1.75. The van der Waals surface area contributed by atoms with Crippen LogP contribution in [0, 0.1) is 12.8 Å². The predicted molar refractivity (Wildman–Crippen MR) is 71.6 cm³/mol. The second-order valence-corrected chi connectivity index (χ2v) is 6.94. The van der Waals surface area contributed by atoms with Crippen molar-refractivity contribution >= 4 is 27.4 Å². The molecule has 1 heterocycles. The SMILES string of the molecule is COC(=O)C(C)CS(=O)(=O)Cc1c(Cl)c(C)nn1C. The molecule has 19 heavy (non-hydrogen) atoms. The number of esters is 1. The molecule has 0 saturated heterocycles. The molecule has 8 heteroatoms. The van der Waals surface area contributed by atoms with E-state index in [1.807, 2.05) is 0 Å². The molecular weight excluding hydrogens is 292 g/mol. The number of methoxy groups -OCH3 is 1. The zero-order valence-corrected chi connectivity index (χ0v) is 12.9. The molecule has 1 rings (SSSR count). The van der Waals surface area contributed by atoms with E-state index in [-0.39, 0.29) is 11.5 Å². The van der Waals surface area contributed by atoms with Crippen LogP contribution in [0.3, 0.4) is 0 Å². The largest absolute Gasteiger partial charge is 0.469 e. The summed E-state index contributed by atoms with van der Waals surface area (Å²) < 4.78 is 30.0. The number of hydrogen-bond acceptors (Lipinski definition) is 5. The van der Waals surface area contributed by atoms with Crippen molar-refractivity contribution in [3.8, 4) is 0 Å². The average Bonchev–Trinajstić information content (AvgIpc) is 2.54. The van der Waals surface area contributed by atoms with Gasteiger partial charge in [-0.15, -0.1) is 0 Å². The van der Waals surface area contributed by atoms with Crippen molar-refractivity contribution in [2.75, 3.05) is 12.9 Å². The van der Waals surface area contributed by atoms with Gasteiger partial charge in [-0.1, -0.05) is 18.5 Å². The van der Waals surface area contributed by atoms with E-state index < -0.39 is 21.7 Å².